The van der Waals surface area contributed by atoms with Crippen molar-refractivity contribution in [3.8, 4) is 5.75 Å². The lowest BCUT2D eigenvalue weighted by Crippen LogP contribution is -2.22. The van der Waals surface area contributed by atoms with Gasteiger partial charge in [0.2, 0.25) is 5.91 Å². The first-order chi connectivity index (χ1) is 11.2. The molecule has 1 heterocycles. The van der Waals surface area contributed by atoms with Gasteiger partial charge in [-0.2, -0.15) is 0 Å². The molecular weight excluding hydrogens is 328 g/mol. The molecule has 3 aromatic rings. The minimum absolute atomic E-state index is 0.0706. The third-order valence-electron chi connectivity index (χ3n) is 3.29. The van der Waals surface area contributed by atoms with Crippen LogP contribution in [0.3, 0.4) is 0 Å². The van der Waals surface area contributed by atoms with Gasteiger partial charge < -0.3 is 10.1 Å². The van der Waals surface area contributed by atoms with Gasteiger partial charge in [0.1, 0.15) is 5.75 Å². The quantitative estimate of drug-likeness (QED) is 0.696. The summed E-state index contributed by atoms with van der Waals surface area (Å²) in [7, 11) is 1.59. The van der Waals surface area contributed by atoms with Crippen molar-refractivity contribution in [3.05, 3.63) is 48.5 Å². The number of rotatable bonds is 5. The van der Waals surface area contributed by atoms with Crippen molar-refractivity contribution in [3.63, 3.8) is 0 Å². The fourth-order valence-corrected chi connectivity index (χ4v) is 4.30. The molecule has 1 amide bonds. The maximum Gasteiger partial charge on any atom is 0.237 e. The number of hydrogen-bond acceptors (Lipinski definition) is 5. The van der Waals surface area contributed by atoms with Gasteiger partial charge in [-0.15, -0.1) is 11.3 Å². The lowest BCUT2D eigenvalue weighted by Gasteiger charge is -2.13. The summed E-state index contributed by atoms with van der Waals surface area (Å²) in [6.45, 7) is 1.88. The number of thiazole rings is 1. The van der Waals surface area contributed by atoms with Crippen molar-refractivity contribution in [1.29, 1.82) is 0 Å². The predicted molar refractivity (Wildman–Crippen MR) is 96.6 cm³/mol. The van der Waals surface area contributed by atoms with Crippen molar-refractivity contribution in [2.24, 2.45) is 0 Å². The topological polar surface area (TPSA) is 51.2 Å². The monoisotopic (exact) mass is 344 g/mol. The lowest BCUT2D eigenvalue weighted by molar-refractivity contribution is -0.115. The Bertz CT molecular complexity index is 799. The summed E-state index contributed by atoms with van der Waals surface area (Å²) < 4.78 is 7.28. The van der Waals surface area contributed by atoms with E-state index in [1.54, 1.807) is 18.4 Å². The molecule has 0 spiro atoms. The molecule has 1 atom stereocenters. The summed E-state index contributed by atoms with van der Waals surface area (Å²) >= 11 is 3.07. The van der Waals surface area contributed by atoms with E-state index in [9.17, 15) is 4.79 Å². The Hall–Kier alpha value is -2.05. The van der Waals surface area contributed by atoms with Crippen molar-refractivity contribution < 1.29 is 9.53 Å². The van der Waals surface area contributed by atoms with Crippen LogP contribution in [-0.2, 0) is 4.79 Å². The highest BCUT2D eigenvalue weighted by Crippen LogP contribution is 2.32. The van der Waals surface area contributed by atoms with E-state index in [2.05, 4.69) is 10.3 Å². The smallest absolute Gasteiger partial charge is 0.237 e. The number of anilines is 1. The standard InChI is InChI=1S/C17H16N2O2S2/c1-11(16(20)18-12-7-3-5-9-14(12)21-2)22-17-19-13-8-4-6-10-15(13)23-17/h3-11H,1-2H3,(H,18,20)/t11-/m1/s1. The Morgan fingerprint density at radius 3 is 2.74 bits per heavy atom. The molecule has 0 radical (unpaired) electrons. The Kier molecular flexibility index (Phi) is 4.83. The molecule has 3 rings (SSSR count). The first-order valence-corrected chi connectivity index (χ1v) is 8.83. The average molecular weight is 344 g/mol. The van der Waals surface area contributed by atoms with E-state index >= 15 is 0 Å². The van der Waals surface area contributed by atoms with E-state index in [1.165, 1.54) is 11.8 Å². The normalized spacial score (nSPS) is 12.1. The van der Waals surface area contributed by atoms with Gasteiger partial charge in [0.05, 0.1) is 28.3 Å². The third kappa shape index (κ3) is 3.65. The van der Waals surface area contributed by atoms with E-state index in [-0.39, 0.29) is 11.2 Å². The molecule has 23 heavy (non-hydrogen) atoms. The number of thioether (sulfide) groups is 1. The summed E-state index contributed by atoms with van der Waals surface area (Å²) in [6, 6.07) is 15.4. The van der Waals surface area contributed by atoms with Crippen molar-refractivity contribution in [2.75, 3.05) is 12.4 Å². The molecule has 0 aliphatic rings. The maximum atomic E-state index is 12.4. The zero-order valence-electron chi connectivity index (χ0n) is 12.8. The number of aromatic nitrogens is 1. The first-order valence-electron chi connectivity index (χ1n) is 7.13. The number of nitrogens with one attached hydrogen (secondary N) is 1. The average Bonchev–Trinajstić information content (AvgIpc) is 2.97. The molecule has 2 aromatic carbocycles. The van der Waals surface area contributed by atoms with Crippen LogP contribution in [-0.4, -0.2) is 23.3 Å². The number of fused-ring (bicyclic) bond motifs is 1. The second-order valence-corrected chi connectivity index (χ2v) is 7.52. The van der Waals surface area contributed by atoms with Crippen LogP contribution in [0.15, 0.2) is 52.9 Å². The summed E-state index contributed by atoms with van der Waals surface area (Å²) in [5, 5.41) is 2.66. The Morgan fingerprint density at radius 1 is 1.22 bits per heavy atom. The molecule has 1 aromatic heterocycles. The van der Waals surface area contributed by atoms with Gasteiger partial charge in [0, 0.05) is 0 Å². The van der Waals surface area contributed by atoms with Gasteiger partial charge >= 0.3 is 0 Å². The number of ether oxygens (including phenoxy) is 1. The van der Waals surface area contributed by atoms with Crippen LogP contribution in [0.1, 0.15) is 6.92 Å². The largest absolute Gasteiger partial charge is 0.495 e. The summed E-state index contributed by atoms with van der Waals surface area (Å²) in [5.74, 6) is 0.580. The highest BCUT2D eigenvalue weighted by molar-refractivity contribution is 8.02. The fourth-order valence-electron chi connectivity index (χ4n) is 2.09. The minimum Gasteiger partial charge on any atom is -0.495 e. The highest BCUT2D eigenvalue weighted by atomic mass is 32.2. The number of carbonyl (C=O) groups excluding carboxylic acids is 1. The lowest BCUT2D eigenvalue weighted by atomic mass is 10.3. The maximum absolute atomic E-state index is 12.4. The van der Waals surface area contributed by atoms with Crippen molar-refractivity contribution in [2.45, 2.75) is 16.5 Å². The first kappa shape index (κ1) is 15.8. The van der Waals surface area contributed by atoms with Crippen LogP contribution in [0, 0.1) is 0 Å². The van der Waals surface area contributed by atoms with E-state index in [0.717, 1.165) is 14.6 Å². The van der Waals surface area contributed by atoms with Gasteiger partial charge in [-0.25, -0.2) is 4.98 Å². The number of amides is 1. The molecule has 0 bridgehead atoms. The van der Waals surface area contributed by atoms with Gasteiger partial charge in [0.25, 0.3) is 0 Å². The van der Waals surface area contributed by atoms with E-state index in [4.69, 9.17) is 4.74 Å². The Morgan fingerprint density at radius 2 is 1.96 bits per heavy atom. The SMILES string of the molecule is COc1ccccc1NC(=O)[C@@H](C)Sc1nc2ccccc2s1. The zero-order chi connectivity index (χ0) is 16.2. The number of methoxy groups -OCH3 is 1. The Labute approximate surface area is 142 Å². The number of hydrogen-bond donors (Lipinski definition) is 1. The Balaban J connectivity index is 1.69. The molecule has 0 fully saturated rings. The molecule has 0 unspecified atom stereocenters. The van der Waals surface area contributed by atoms with E-state index in [0.29, 0.717) is 11.4 Å². The second kappa shape index (κ2) is 7.02. The highest BCUT2D eigenvalue weighted by Gasteiger charge is 2.18. The van der Waals surface area contributed by atoms with Crippen LogP contribution in [0.5, 0.6) is 5.75 Å². The van der Waals surface area contributed by atoms with E-state index in [1.807, 2.05) is 55.5 Å². The number of nitrogens with zero attached hydrogens (tertiary/aromatic N) is 1. The molecule has 6 heteroatoms. The number of benzene rings is 2. The van der Waals surface area contributed by atoms with Gasteiger partial charge in [0.15, 0.2) is 4.34 Å². The summed E-state index contributed by atoms with van der Waals surface area (Å²) in [5.41, 5.74) is 1.65. The summed E-state index contributed by atoms with van der Waals surface area (Å²) in [4.78, 5) is 16.9. The summed E-state index contributed by atoms with van der Waals surface area (Å²) in [6.07, 6.45) is 0. The van der Waals surface area contributed by atoms with Crippen molar-refractivity contribution in [1.82, 2.24) is 4.98 Å². The van der Waals surface area contributed by atoms with Gasteiger partial charge in [-0.1, -0.05) is 36.0 Å². The van der Waals surface area contributed by atoms with E-state index < -0.39 is 0 Å². The second-order valence-electron chi connectivity index (χ2n) is 4.90. The van der Waals surface area contributed by atoms with Gasteiger partial charge in [-0.05, 0) is 31.2 Å². The molecule has 1 N–H and O–H groups in total. The number of para-hydroxylation sites is 3. The zero-order valence-corrected chi connectivity index (χ0v) is 14.4. The molecule has 0 saturated carbocycles. The minimum atomic E-state index is -0.250. The third-order valence-corrected chi connectivity index (χ3v) is 5.52. The van der Waals surface area contributed by atoms with Crippen molar-refractivity contribution >= 4 is 44.9 Å². The molecule has 0 saturated heterocycles. The fraction of sp³-hybridized carbons (Fsp3) is 0.176. The van der Waals surface area contributed by atoms with Crippen LogP contribution < -0.4 is 10.1 Å². The molecule has 4 nitrogen and oxygen atoms in total. The van der Waals surface area contributed by atoms with Crippen LogP contribution >= 0.6 is 23.1 Å². The molecule has 118 valence electrons. The number of carbonyl (C=O) groups is 1. The van der Waals surface area contributed by atoms with Crippen LogP contribution in [0.25, 0.3) is 10.2 Å². The predicted octanol–water partition coefficient (Wildman–Crippen LogP) is 4.42. The molecular formula is C17H16N2O2S2. The van der Waals surface area contributed by atoms with Crippen LogP contribution in [0.4, 0.5) is 5.69 Å². The van der Waals surface area contributed by atoms with Gasteiger partial charge in [-0.3, -0.25) is 4.79 Å². The molecule has 0 aliphatic carbocycles. The van der Waals surface area contributed by atoms with Crippen LogP contribution in [0.2, 0.25) is 0 Å². The molecule has 0 aliphatic heterocycles.